The van der Waals surface area contributed by atoms with Crippen LogP contribution in [0.2, 0.25) is 0 Å². The Kier molecular flexibility index (Phi) is 5.08. The summed E-state index contributed by atoms with van der Waals surface area (Å²) in [5.74, 6) is -2.97. The number of rotatable bonds is 6. The molecular weight excluding hydrogens is 346 g/mol. The van der Waals surface area contributed by atoms with E-state index in [0.29, 0.717) is 12.6 Å². The third-order valence-corrected chi connectivity index (χ3v) is 4.03. The smallest absolute Gasteiger partial charge is 0.371 e. The molecule has 0 aliphatic carbocycles. The topological polar surface area (TPSA) is 99.8 Å². The van der Waals surface area contributed by atoms with Crippen molar-refractivity contribution >= 4 is 28.7 Å². The van der Waals surface area contributed by atoms with Gasteiger partial charge in [-0.2, -0.15) is 0 Å². The highest BCUT2D eigenvalue weighted by Gasteiger charge is 2.08. The van der Waals surface area contributed by atoms with Crippen molar-refractivity contribution in [2.75, 3.05) is 0 Å². The van der Waals surface area contributed by atoms with E-state index in [4.69, 9.17) is 10.2 Å². The maximum absolute atomic E-state index is 11.8. The largest absolute Gasteiger partial charge is 0.508 e. The number of para-hydroxylation sites is 1. The summed E-state index contributed by atoms with van der Waals surface area (Å²) in [5, 5.41) is 28.1. The molecule has 3 rings (SSSR count). The molecule has 0 amide bonds. The zero-order chi connectivity index (χ0) is 19.4. The number of aliphatic hydroxyl groups is 1. The number of aliphatic hydroxyl groups excluding tert-OH is 1. The van der Waals surface area contributed by atoms with Gasteiger partial charge < -0.3 is 19.9 Å². The van der Waals surface area contributed by atoms with Crippen LogP contribution in [-0.4, -0.2) is 31.6 Å². The highest BCUT2D eigenvalue weighted by atomic mass is 16.4. The second kappa shape index (κ2) is 7.61. The summed E-state index contributed by atoms with van der Waals surface area (Å²) in [7, 11) is 0. The number of allylic oxidation sites excluding steroid dienone is 2. The van der Waals surface area contributed by atoms with E-state index in [9.17, 15) is 14.7 Å². The molecule has 1 aromatic heterocycles. The fraction of sp³-hybridized carbons (Fsp3) is 0.0476. The van der Waals surface area contributed by atoms with E-state index < -0.39 is 17.5 Å². The Morgan fingerprint density at radius 1 is 1.00 bits per heavy atom. The minimum absolute atomic E-state index is 0.205. The Bertz CT molecular complexity index is 1060. The van der Waals surface area contributed by atoms with Crippen molar-refractivity contribution in [1.82, 2.24) is 4.57 Å². The number of carboxylic acids is 1. The maximum atomic E-state index is 11.8. The third kappa shape index (κ3) is 4.24. The van der Waals surface area contributed by atoms with Crippen LogP contribution in [-0.2, 0) is 16.1 Å². The van der Waals surface area contributed by atoms with Crippen molar-refractivity contribution in [3.63, 3.8) is 0 Å². The number of hydrogen-bond donors (Lipinski definition) is 3. The van der Waals surface area contributed by atoms with Crippen LogP contribution in [0.3, 0.4) is 0 Å². The molecule has 136 valence electrons. The number of benzene rings is 2. The Morgan fingerprint density at radius 2 is 1.70 bits per heavy atom. The summed E-state index contributed by atoms with van der Waals surface area (Å²) in [4.78, 5) is 22.3. The van der Waals surface area contributed by atoms with Crippen LogP contribution in [0.4, 0.5) is 0 Å². The fourth-order valence-corrected chi connectivity index (χ4v) is 2.75. The van der Waals surface area contributed by atoms with Gasteiger partial charge >= 0.3 is 5.97 Å². The van der Waals surface area contributed by atoms with Crippen molar-refractivity contribution < 1.29 is 24.9 Å². The van der Waals surface area contributed by atoms with Gasteiger partial charge in [-0.1, -0.05) is 30.3 Å². The molecule has 0 atom stereocenters. The molecular formula is C21H17NO5. The van der Waals surface area contributed by atoms with Gasteiger partial charge in [-0.15, -0.1) is 0 Å². The van der Waals surface area contributed by atoms with Crippen LogP contribution < -0.4 is 0 Å². The molecule has 6 nitrogen and oxygen atoms in total. The number of phenols is 1. The molecule has 0 fully saturated rings. The first-order chi connectivity index (χ1) is 12.9. The Labute approximate surface area is 154 Å². The molecule has 6 heteroatoms. The first kappa shape index (κ1) is 18.0. The van der Waals surface area contributed by atoms with Crippen LogP contribution in [0, 0.1) is 0 Å². The molecule has 0 aliphatic heterocycles. The molecule has 3 N–H and O–H groups in total. The van der Waals surface area contributed by atoms with Crippen LogP contribution >= 0.6 is 0 Å². The zero-order valence-electron chi connectivity index (χ0n) is 14.2. The molecule has 0 aliphatic rings. The average molecular weight is 363 g/mol. The van der Waals surface area contributed by atoms with Gasteiger partial charge in [0.15, 0.2) is 5.78 Å². The molecule has 1 heterocycles. The number of aromatic hydroxyl groups is 1. The van der Waals surface area contributed by atoms with E-state index in [2.05, 4.69) is 0 Å². The highest BCUT2D eigenvalue weighted by Crippen LogP contribution is 2.24. The molecule has 0 saturated heterocycles. The number of nitrogens with zero attached hydrogens (tertiary/aromatic N) is 1. The van der Waals surface area contributed by atoms with Crippen LogP contribution in [0.5, 0.6) is 5.75 Å². The second-order valence-electron chi connectivity index (χ2n) is 5.97. The van der Waals surface area contributed by atoms with Gasteiger partial charge in [-0.25, -0.2) is 4.79 Å². The molecule has 0 spiro atoms. The first-order valence-electron chi connectivity index (χ1n) is 8.16. The number of aromatic nitrogens is 1. The molecule has 0 saturated carbocycles. The molecule has 0 radical (unpaired) electrons. The van der Waals surface area contributed by atoms with Gasteiger partial charge in [0, 0.05) is 35.3 Å². The van der Waals surface area contributed by atoms with Crippen molar-refractivity contribution in [3.8, 4) is 5.75 Å². The predicted molar refractivity (Wildman–Crippen MR) is 102 cm³/mol. The van der Waals surface area contributed by atoms with E-state index in [-0.39, 0.29) is 5.75 Å². The van der Waals surface area contributed by atoms with E-state index in [1.54, 1.807) is 18.2 Å². The highest BCUT2D eigenvalue weighted by molar-refractivity contribution is 6.06. The number of ketones is 1. The lowest BCUT2D eigenvalue weighted by molar-refractivity contribution is -0.135. The summed E-state index contributed by atoms with van der Waals surface area (Å²) in [6.07, 6.45) is 5.35. The maximum Gasteiger partial charge on any atom is 0.371 e. The Hall–Kier alpha value is -3.80. The quantitative estimate of drug-likeness (QED) is 0.460. The van der Waals surface area contributed by atoms with Gasteiger partial charge in [0.1, 0.15) is 5.75 Å². The molecule has 3 aromatic rings. The number of phenolic OH excluding ortho intramolecular Hbond substituents is 1. The number of fused-ring (bicyclic) bond motifs is 1. The summed E-state index contributed by atoms with van der Waals surface area (Å²) >= 11 is 0. The molecule has 0 bridgehead atoms. The summed E-state index contributed by atoms with van der Waals surface area (Å²) in [6.45, 7) is 0.586. The summed E-state index contributed by atoms with van der Waals surface area (Å²) in [6, 6.07) is 14.6. The third-order valence-electron chi connectivity index (χ3n) is 4.03. The number of carbonyl (C=O) groups excluding carboxylic acids is 1. The standard InChI is InChI=1S/C21H17NO5/c23-16-8-5-14(6-9-16)12-22-13-15(18-3-1-2-4-19(18)22)7-10-17(24)11-20(25)21(26)27/h1-11,13,23,25H,12H2,(H,26,27)/b10-7+,20-11-. The lowest BCUT2D eigenvalue weighted by Gasteiger charge is -2.05. The van der Waals surface area contributed by atoms with Crippen molar-refractivity contribution in [3.05, 3.63) is 83.8 Å². The second-order valence-corrected chi connectivity index (χ2v) is 5.97. The monoisotopic (exact) mass is 363 g/mol. The normalized spacial score (nSPS) is 11.9. The van der Waals surface area contributed by atoms with E-state index in [1.807, 2.05) is 47.2 Å². The van der Waals surface area contributed by atoms with Gasteiger partial charge in [0.2, 0.25) is 5.76 Å². The average Bonchev–Trinajstić information content (AvgIpc) is 2.99. The minimum Gasteiger partial charge on any atom is -0.508 e. The number of aliphatic carboxylic acids is 1. The van der Waals surface area contributed by atoms with Crippen LogP contribution in [0.15, 0.2) is 72.6 Å². The van der Waals surface area contributed by atoms with E-state index in [0.717, 1.165) is 22.0 Å². The van der Waals surface area contributed by atoms with Gasteiger partial charge in [-0.05, 0) is 35.9 Å². The first-order valence-corrected chi connectivity index (χ1v) is 8.16. The number of carboxylic acid groups (broad SMARTS) is 1. The van der Waals surface area contributed by atoms with Gasteiger partial charge in [-0.3, -0.25) is 4.79 Å². The Balaban J connectivity index is 1.91. The van der Waals surface area contributed by atoms with Gasteiger partial charge in [0.05, 0.1) is 0 Å². The number of carbonyl (C=O) groups is 2. The SMILES string of the molecule is O=C(/C=C(\O)C(=O)O)/C=C/c1cn(Cc2ccc(O)cc2)c2ccccc12. The minimum atomic E-state index is -1.55. The van der Waals surface area contributed by atoms with Crippen LogP contribution in [0.1, 0.15) is 11.1 Å². The van der Waals surface area contributed by atoms with E-state index in [1.165, 1.54) is 6.08 Å². The lowest BCUT2D eigenvalue weighted by Crippen LogP contribution is -2.01. The van der Waals surface area contributed by atoms with E-state index >= 15 is 0 Å². The predicted octanol–water partition coefficient (Wildman–Crippen LogP) is 3.50. The Morgan fingerprint density at radius 3 is 2.41 bits per heavy atom. The lowest BCUT2D eigenvalue weighted by atomic mass is 10.1. The van der Waals surface area contributed by atoms with Crippen molar-refractivity contribution in [2.24, 2.45) is 0 Å². The zero-order valence-corrected chi connectivity index (χ0v) is 14.2. The summed E-state index contributed by atoms with van der Waals surface area (Å²) in [5.41, 5.74) is 2.78. The molecule has 0 unspecified atom stereocenters. The number of hydrogen-bond acceptors (Lipinski definition) is 4. The summed E-state index contributed by atoms with van der Waals surface area (Å²) < 4.78 is 2.02. The van der Waals surface area contributed by atoms with Gasteiger partial charge in [0.25, 0.3) is 0 Å². The molecule has 27 heavy (non-hydrogen) atoms. The van der Waals surface area contributed by atoms with Crippen molar-refractivity contribution in [1.29, 1.82) is 0 Å². The van der Waals surface area contributed by atoms with Crippen molar-refractivity contribution in [2.45, 2.75) is 6.54 Å². The molecule has 2 aromatic carbocycles. The van der Waals surface area contributed by atoms with Crippen LogP contribution in [0.25, 0.3) is 17.0 Å². The fourth-order valence-electron chi connectivity index (χ4n) is 2.75.